The van der Waals surface area contributed by atoms with Crippen LogP contribution in [0, 0.1) is 6.92 Å². The molecule has 0 bridgehead atoms. The van der Waals surface area contributed by atoms with Gasteiger partial charge in [0.15, 0.2) is 0 Å². The molecule has 0 spiro atoms. The first-order valence-corrected chi connectivity index (χ1v) is 7.83. The molecule has 1 saturated heterocycles. The summed E-state index contributed by atoms with van der Waals surface area (Å²) in [6.45, 7) is 5.21. The lowest BCUT2D eigenvalue weighted by atomic mass is 9.97. The van der Waals surface area contributed by atoms with Crippen molar-refractivity contribution in [2.75, 3.05) is 33.5 Å². The van der Waals surface area contributed by atoms with Gasteiger partial charge in [-0.15, -0.1) is 0 Å². The van der Waals surface area contributed by atoms with Crippen LogP contribution < -0.4 is 10.1 Å². The fraction of sp³-hybridized carbons (Fsp3) is 0.647. The second-order valence-corrected chi connectivity index (χ2v) is 6.11. The smallest absolute Gasteiger partial charge is 0.126 e. The summed E-state index contributed by atoms with van der Waals surface area (Å²) in [6, 6.07) is 6.73. The molecule has 21 heavy (non-hydrogen) atoms. The van der Waals surface area contributed by atoms with E-state index in [-0.39, 0.29) is 5.60 Å². The van der Waals surface area contributed by atoms with E-state index in [0.29, 0.717) is 12.6 Å². The van der Waals surface area contributed by atoms with Crippen LogP contribution in [0.5, 0.6) is 5.75 Å². The van der Waals surface area contributed by atoms with Crippen molar-refractivity contribution in [3.63, 3.8) is 0 Å². The lowest BCUT2D eigenvalue weighted by Gasteiger charge is -2.29. The zero-order valence-corrected chi connectivity index (χ0v) is 13.0. The molecule has 1 aromatic rings. The van der Waals surface area contributed by atoms with Crippen LogP contribution in [0.25, 0.3) is 0 Å². The van der Waals surface area contributed by atoms with Gasteiger partial charge in [-0.2, -0.15) is 0 Å². The van der Waals surface area contributed by atoms with Crippen LogP contribution in [0.1, 0.15) is 36.4 Å². The predicted molar refractivity (Wildman–Crippen MR) is 81.8 cm³/mol. The van der Waals surface area contributed by atoms with E-state index in [0.717, 1.165) is 44.8 Å². The highest BCUT2D eigenvalue weighted by Gasteiger charge is 2.35. The van der Waals surface area contributed by atoms with E-state index < -0.39 is 0 Å². The number of fused-ring (bicyclic) bond motifs is 1. The molecule has 0 saturated carbocycles. The maximum Gasteiger partial charge on any atom is 0.126 e. The van der Waals surface area contributed by atoms with Crippen LogP contribution in [-0.4, -0.2) is 39.1 Å². The number of benzene rings is 1. The standard InChI is InChI=1S/C17H25NO3/c1-13-5-3-6-14-15(7-4-9-21-16(13)14)18-11-17(19-2)8-10-20-12-17/h3,5-6,15,18H,4,7-12H2,1-2H3. The Bertz CT molecular complexity index is 483. The van der Waals surface area contributed by atoms with Crippen molar-refractivity contribution in [3.05, 3.63) is 29.3 Å². The monoisotopic (exact) mass is 291 g/mol. The third-order valence-electron chi connectivity index (χ3n) is 4.67. The molecule has 4 heteroatoms. The van der Waals surface area contributed by atoms with Gasteiger partial charge < -0.3 is 19.5 Å². The second kappa shape index (κ2) is 6.34. The molecule has 0 radical (unpaired) electrons. The van der Waals surface area contributed by atoms with Crippen LogP contribution in [0.15, 0.2) is 18.2 Å². The summed E-state index contributed by atoms with van der Waals surface area (Å²) in [6.07, 6.45) is 3.12. The van der Waals surface area contributed by atoms with Gasteiger partial charge in [-0.05, 0) is 25.3 Å². The van der Waals surface area contributed by atoms with Gasteiger partial charge in [0.1, 0.15) is 11.4 Å². The van der Waals surface area contributed by atoms with Crippen LogP contribution in [0.2, 0.25) is 0 Å². The predicted octanol–water partition coefficient (Wildman–Crippen LogP) is 2.60. The van der Waals surface area contributed by atoms with Crippen molar-refractivity contribution in [3.8, 4) is 5.75 Å². The molecule has 4 nitrogen and oxygen atoms in total. The highest BCUT2D eigenvalue weighted by Crippen LogP contribution is 2.34. The number of hydrogen-bond acceptors (Lipinski definition) is 4. The average molecular weight is 291 g/mol. The normalized spacial score (nSPS) is 28.8. The number of aryl methyl sites for hydroxylation is 1. The van der Waals surface area contributed by atoms with E-state index in [1.54, 1.807) is 7.11 Å². The minimum absolute atomic E-state index is 0.169. The van der Waals surface area contributed by atoms with Gasteiger partial charge in [-0.3, -0.25) is 0 Å². The number of para-hydroxylation sites is 1. The molecule has 2 aliphatic rings. The summed E-state index contributed by atoms with van der Waals surface area (Å²) >= 11 is 0. The maximum atomic E-state index is 5.94. The van der Waals surface area contributed by atoms with Crippen molar-refractivity contribution in [2.45, 2.75) is 37.8 Å². The van der Waals surface area contributed by atoms with Gasteiger partial charge in [0, 0.05) is 38.3 Å². The van der Waals surface area contributed by atoms with E-state index in [1.165, 1.54) is 11.1 Å². The molecule has 2 unspecified atom stereocenters. The number of hydrogen-bond donors (Lipinski definition) is 1. The Kier molecular flexibility index (Phi) is 4.48. The van der Waals surface area contributed by atoms with Crippen LogP contribution in [-0.2, 0) is 9.47 Å². The molecular formula is C17H25NO3. The van der Waals surface area contributed by atoms with Gasteiger partial charge >= 0.3 is 0 Å². The van der Waals surface area contributed by atoms with E-state index in [2.05, 4.69) is 30.4 Å². The Morgan fingerprint density at radius 3 is 3.05 bits per heavy atom. The minimum Gasteiger partial charge on any atom is -0.493 e. The fourth-order valence-corrected chi connectivity index (χ4v) is 3.25. The lowest BCUT2D eigenvalue weighted by molar-refractivity contribution is -0.0176. The highest BCUT2D eigenvalue weighted by atomic mass is 16.5. The van der Waals surface area contributed by atoms with Crippen molar-refractivity contribution in [1.82, 2.24) is 5.32 Å². The molecule has 1 aromatic carbocycles. The summed E-state index contributed by atoms with van der Waals surface area (Å²) in [5.41, 5.74) is 2.32. The van der Waals surface area contributed by atoms with E-state index >= 15 is 0 Å². The molecule has 2 atom stereocenters. The molecule has 2 heterocycles. The van der Waals surface area contributed by atoms with Crippen molar-refractivity contribution in [2.24, 2.45) is 0 Å². The maximum absolute atomic E-state index is 5.94. The number of nitrogens with one attached hydrogen (secondary N) is 1. The van der Waals surface area contributed by atoms with E-state index in [1.807, 2.05) is 0 Å². The SMILES string of the molecule is COC1(CNC2CCCOc3c(C)cccc32)CCOC1. The summed E-state index contributed by atoms with van der Waals surface area (Å²) in [5.74, 6) is 1.06. The highest BCUT2D eigenvalue weighted by molar-refractivity contribution is 5.43. The Hall–Kier alpha value is -1.10. The first-order chi connectivity index (χ1) is 10.2. The van der Waals surface area contributed by atoms with E-state index in [9.17, 15) is 0 Å². The molecule has 1 fully saturated rings. The molecule has 0 aromatic heterocycles. The molecule has 3 rings (SSSR count). The Labute approximate surface area is 126 Å². The molecule has 116 valence electrons. The Balaban J connectivity index is 1.75. The van der Waals surface area contributed by atoms with Gasteiger partial charge in [0.25, 0.3) is 0 Å². The van der Waals surface area contributed by atoms with E-state index in [4.69, 9.17) is 14.2 Å². The van der Waals surface area contributed by atoms with Crippen LogP contribution in [0.4, 0.5) is 0 Å². The van der Waals surface area contributed by atoms with Crippen LogP contribution >= 0.6 is 0 Å². The van der Waals surface area contributed by atoms with Crippen molar-refractivity contribution < 1.29 is 14.2 Å². The topological polar surface area (TPSA) is 39.7 Å². The molecule has 0 aliphatic carbocycles. The molecule has 2 aliphatic heterocycles. The minimum atomic E-state index is -0.169. The van der Waals surface area contributed by atoms with Gasteiger partial charge in [0.05, 0.1) is 13.2 Å². The molecule has 0 amide bonds. The second-order valence-electron chi connectivity index (χ2n) is 6.11. The summed E-state index contributed by atoms with van der Waals surface area (Å²) in [5, 5.41) is 3.69. The number of methoxy groups -OCH3 is 1. The first kappa shape index (κ1) is 14.8. The first-order valence-electron chi connectivity index (χ1n) is 7.83. The van der Waals surface area contributed by atoms with Crippen LogP contribution in [0.3, 0.4) is 0 Å². The Morgan fingerprint density at radius 2 is 2.29 bits per heavy atom. The average Bonchev–Trinajstić information content (AvgIpc) is 2.87. The summed E-state index contributed by atoms with van der Waals surface area (Å²) < 4.78 is 17.2. The fourth-order valence-electron chi connectivity index (χ4n) is 3.25. The van der Waals surface area contributed by atoms with Gasteiger partial charge in [-0.25, -0.2) is 0 Å². The Morgan fingerprint density at radius 1 is 1.38 bits per heavy atom. The lowest BCUT2D eigenvalue weighted by Crippen LogP contribution is -2.44. The number of rotatable bonds is 4. The van der Waals surface area contributed by atoms with Gasteiger partial charge in [0.2, 0.25) is 0 Å². The quantitative estimate of drug-likeness (QED) is 0.925. The molecule has 1 N–H and O–H groups in total. The molecular weight excluding hydrogens is 266 g/mol. The third-order valence-corrected chi connectivity index (χ3v) is 4.67. The van der Waals surface area contributed by atoms with Gasteiger partial charge in [-0.1, -0.05) is 18.2 Å². The number of ether oxygens (including phenoxy) is 3. The zero-order valence-electron chi connectivity index (χ0n) is 13.0. The zero-order chi connectivity index (χ0) is 14.7. The summed E-state index contributed by atoms with van der Waals surface area (Å²) in [4.78, 5) is 0. The largest absolute Gasteiger partial charge is 0.493 e. The van der Waals surface area contributed by atoms with Crippen molar-refractivity contribution in [1.29, 1.82) is 0 Å². The van der Waals surface area contributed by atoms with Crippen molar-refractivity contribution >= 4 is 0 Å². The summed E-state index contributed by atoms with van der Waals surface area (Å²) in [7, 11) is 1.78. The third kappa shape index (κ3) is 3.07.